The zero-order valence-corrected chi connectivity index (χ0v) is 28.4. The molecular formula is C36H43ClN6O3. The van der Waals surface area contributed by atoms with Crippen molar-refractivity contribution in [2.24, 2.45) is 0 Å². The molecule has 0 bridgehead atoms. The van der Waals surface area contributed by atoms with Gasteiger partial charge in [0.1, 0.15) is 5.82 Å². The summed E-state index contributed by atoms with van der Waals surface area (Å²) in [6.45, 7) is 15.5. The first-order valence-corrected chi connectivity index (χ1v) is 15.8. The molecule has 3 aromatic carbocycles. The Kier molecular flexibility index (Phi) is 11.4. The highest BCUT2D eigenvalue weighted by Gasteiger charge is 2.33. The summed E-state index contributed by atoms with van der Waals surface area (Å²) >= 11 is 6.46. The second kappa shape index (κ2) is 15.2. The summed E-state index contributed by atoms with van der Waals surface area (Å²) in [6, 6.07) is 17.6. The van der Waals surface area contributed by atoms with Crippen molar-refractivity contribution in [2.45, 2.75) is 47.6 Å². The number of anilines is 3. The van der Waals surface area contributed by atoms with Gasteiger partial charge in [-0.3, -0.25) is 4.79 Å². The van der Waals surface area contributed by atoms with Crippen LogP contribution < -0.4 is 10.2 Å². The number of hydrogen-bond acceptors (Lipinski definition) is 6. The second-order valence-corrected chi connectivity index (χ2v) is 12.0. The normalized spacial score (nSPS) is 11.8. The van der Waals surface area contributed by atoms with Crippen molar-refractivity contribution < 1.29 is 14.7 Å². The van der Waals surface area contributed by atoms with Crippen LogP contribution in [0.3, 0.4) is 0 Å². The molecule has 0 saturated carbocycles. The molecule has 4 rings (SSSR count). The van der Waals surface area contributed by atoms with E-state index < -0.39 is 12.1 Å². The highest BCUT2D eigenvalue weighted by atomic mass is 35.5. The molecule has 0 saturated heterocycles. The molecule has 1 unspecified atom stereocenters. The first-order chi connectivity index (χ1) is 21.9. The molecule has 0 fully saturated rings. The minimum absolute atomic E-state index is 0.0573. The lowest BCUT2D eigenvalue weighted by molar-refractivity contribution is 0.0779. The lowest BCUT2D eigenvalue weighted by Crippen LogP contribution is -2.36. The first-order valence-electron chi connectivity index (χ1n) is 15.5. The van der Waals surface area contributed by atoms with Crippen LogP contribution in [0.25, 0.3) is 0 Å². The maximum atomic E-state index is 13.1. The molecule has 46 heavy (non-hydrogen) atoms. The fraction of sp³-hybridized carbons (Fsp3) is 0.333. The number of benzene rings is 3. The van der Waals surface area contributed by atoms with E-state index in [1.807, 2.05) is 46.9 Å². The number of halogens is 1. The van der Waals surface area contributed by atoms with Crippen LogP contribution in [0, 0.1) is 27.7 Å². The third kappa shape index (κ3) is 8.02. The Balaban J connectivity index is 1.65. The molecule has 2 amide bonds. The molecule has 242 valence electrons. The van der Waals surface area contributed by atoms with Crippen LogP contribution in [-0.2, 0) is 0 Å². The third-order valence-electron chi connectivity index (χ3n) is 8.28. The van der Waals surface area contributed by atoms with Crippen LogP contribution in [0.4, 0.5) is 22.2 Å². The monoisotopic (exact) mass is 642 g/mol. The average molecular weight is 643 g/mol. The molecule has 2 N–H and O–H groups in total. The number of nitrogens with one attached hydrogen (secondary N) is 1. The van der Waals surface area contributed by atoms with Gasteiger partial charge in [0, 0.05) is 42.6 Å². The number of likely N-dealkylation sites (N-methyl/N-ethyl adjacent to an activating group) is 2. The summed E-state index contributed by atoms with van der Waals surface area (Å²) < 4.78 is 0. The van der Waals surface area contributed by atoms with Crippen LogP contribution in [0.5, 0.6) is 0 Å². The summed E-state index contributed by atoms with van der Waals surface area (Å²) in [6.07, 6.45) is 0.362. The van der Waals surface area contributed by atoms with Crippen molar-refractivity contribution in [2.75, 3.05) is 43.4 Å². The van der Waals surface area contributed by atoms with E-state index in [2.05, 4.69) is 46.2 Å². The molecule has 0 radical (unpaired) electrons. The minimum atomic E-state index is -1.17. The topological polar surface area (TPSA) is 102 Å². The highest BCUT2D eigenvalue weighted by Crippen LogP contribution is 2.39. The number of carbonyl (C=O) groups excluding carboxylic acids is 1. The maximum Gasteiger partial charge on any atom is 0.413 e. The SMILES string of the molecule is CCN(CC)CCN(C)C(=O)c1ccc(Nc2nccc(N(C(=O)O)C(c3cc(Cl)ccc3C)c3c(C)cc(C)cc3C)n2)cc1. The smallest absolute Gasteiger partial charge is 0.413 e. The van der Waals surface area contributed by atoms with Crippen molar-refractivity contribution in [3.63, 3.8) is 0 Å². The number of amides is 2. The van der Waals surface area contributed by atoms with Crippen LogP contribution in [0.1, 0.15) is 63.6 Å². The van der Waals surface area contributed by atoms with E-state index in [0.717, 1.165) is 53.0 Å². The third-order valence-corrected chi connectivity index (χ3v) is 8.52. The zero-order chi connectivity index (χ0) is 33.5. The van der Waals surface area contributed by atoms with Gasteiger partial charge < -0.3 is 20.2 Å². The molecule has 4 aromatic rings. The van der Waals surface area contributed by atoms with E-state index in [9.17, 15) is 14.7 Å². The first kappa shape index (κ1) is 34.4. The Morgan fingerprint density at radius 3 is 2.15 bits per heavy atom. The number of hydrogen-bond donors (Lipinski definition) is 2. The van der Waals surface area contributed by atoms with Crippen LogP contribution in [-0.4, -0.2) is 70.1 Å². The number of aryl methyl sites for hydroxylation is 4. The van der Waals surface area contributed by atoms with Crippen molar-refractivity contribution in [3.05, 3.63) is 111 Å². The Labute approximate surface area is 276 Å². The number of aromatic nitrogens is 2. The Morgan fingerprint density at radius 2 is 1.54 bits per heavy atom. The van der Waals surface area contributed by atoms with Crippen molar-refractivity contribution >= 4 is 41.1 Å². The van der Waals surface area contributed by atoms with E-state index in [1.54, 1.807) is 41.3 Å². The lowest BCUT2D eigenvalue weighted by Gasteiger charge is -2.33. The highest BCUT2D eigenvalue weighted by molar-refractivity contribution is 6.30. The van der Waals surface area contributed by atoms with E-state index in [-0.39, 0.29) is 17.7 Å². The second-order valence-electron chi connectivity index (χ2n) is 11.6. The van der Waals surface area contributed by atoms with Crippen LogP contribution in [0.2, 0.25) is 5.02 Å². The number of nitrogens with zero attached hydrogens (tertiary/aromatic N) is 5. The molecule has 10 heteroatoms. The van der Waals surface area contributed by atoms with Gasteiger partial charge in [-0.1, -0.05) is 49.2 Å². The van der Waals surface area contributed by atoms with Crippen LogP contribution >= 0.6 is 11.6 Å². The quantitative estimate of drug-likeness (QED) is 0.163. The van der Waals surface area contributed by atoms with Gasteiger partial charge in [0.25, 0.3) is 5.91 Å². The van der Waals surface area contributed by atoms with Gasteiger partial charge in [-0.05, 0) is 111 Å². The summed E-state index contributed by atoms with van der Waals surface area (Å²) in [5, 5.41) is 14.4. The number of carboxylic acid groups (broad SMARTS) is 1. The van der Waals surface area contributed by atoms with E-state index >= 15 is 0 Å². The number of rotatable bonds is 12. The molecule has 1 atom stereocenters. The van der Waals surface area contributed by atoms with Gasteiger partial charge in [-0.15, -0.1) is 0 Å². The standard InChI is InChI=1S/C36H43ClN6O3/c1-8-42(9-2)19-18-41(7)34(44)27-11-14-29(15-12-27)39-35-38-17-16-31(40-35)43(36(45)46)33(30-22-28(37)13-10-24(30)4)32-25(5)20-23(3)21-26(32)6/h10-17,20-22,33H,8-9,18-19H2,1-7H3,(H,45,46)(H,38,39,40). The van der Waals surface area contributed by atoms with E-state index in [0.29, 0.717) is 22.8 Å². The average Bonchev–Trinajstić information content (AvgIpc) is 3.01. The van der Waals surface area contributed by atoms with Crippen molar-refractivity contribution in [1.82, 2.24) is 19.8 Å². The largest absolute Gasteiger partial charge is 0.465 e. The van der Waals surface area contributed by atoms with E-state index in [1.165, 1.54) is 11.1 Å². The van der Waals surface area contributed by atoms with Gasteiger partial charge in [-0.2, -0.15) is 4.98 Å². The lowest BCUT2D eigenvalue weighted by atomic mass is 9.87. The predicted molar refractivity (Wildman–Crippen MR) is 186 cm³/mol. The summed E-state index contributed by atoms with van der Waals surface area (Å²) in [7, 11) is 1.81. The van der Waals surface area contributed by atoms with Crippen LogP contribution in [0.15, 0.2) is 66.9 Å². The number of carbonyl (C=O) groups is 2. The molecule has 0 aliphatic carbocycles. The van der Waals surface area contributed by atoms with Gasteiger partial charge in [0.15, 0.2) is 0 Å². The van der Waals surface area contributed by atoms with Crippen molar-refractivity contribution in [1.29, 1.82) is 0 Å². The van der Waals surface area contributed by atoms with Gasteiger partial charge in [0.05, 0.1) is 6.04 Å². The maximum absolute atomic E-state index is 13.1. The molecule has 9 nitrogen and oxygen atoms in total. The zero-order valence-electron chi connectivity index (χ0n) is 27.6. The molecule has 0 aliphatic heterocycles. The van der Waals surface area contributed by atoms with Crippen molar-refractivity contribution in [3.8, 4) is 0 Å². The van der Waals surface area contributed by atoms with Gasteiger partial charge in [0.2, 0.25) is 5.95 Å². The summed E-state index contributed by atoms with van der Waals surface area (Å²) in [5.41, 5.74) is 6.80. The van der Waals surface area contributed by atoms with E-state index in [4.69, 9.17) is 11.6 Å². The van der Waals surface area contributed by atoms with Gasteiger partial charge >= 0.3 is 6.09 Å². The fourth-order valence-corrected chi connectivity index (χ4v) is 6.00. The fourth-order valence-electron chi connectivity index (χ4n) is 5.81. The molecule has 1 aromatic heterocycles. The molecule has 0 aliphatic rings. The summed E-state index contributed by atoms with van der Waals surface area (Å²) in [4.78, 5) is 40.4. The Morgan fingerprint density at radius 1 is 0.891 bits per heavy atom. The minimum Gasteiger partial charge on any atom is -0.465 e. The Hall–Kier alpha value is -4.47. The summed E-state index contributed by atoms with van der Waals surface area (Å²) in [5.74, 6) is 0.367. The predicted octanol–water partition coefficient (Wildman–Crippen LogP) is 7.80. The van der Waals surface area contributed by atoms with Gasteiger partial charge in [-0.25, -0.2) is 14.7 Å². The molecule has 0 spiro atoms. The molecule has 1 heterocycles. The molecular weight excluding hydrogens is 600 g/mol. The Bertz CT molecular complexity index is 1670.